The van der Waals surface area contributed by atoms with Crippen LogP contribution in [-0.2, 0) is 0 Å². The first-order valence-electron chi connectivity index (χ1n) is 5.75. The van der Waals surface area contributed by atoms with E-state index >= 15 is 0 Å². The molecular formula is C14H14N2O3. The molecule has 1 aromatic heterocycles. The summed E-state index contributed by atoms with van der Waals surface area (Å²) in [6.45, 7) is 1.93. The number of carbonyl (C=O) groups is 1. The number of H-pyrrole nitrogens is 1. The van der Waals surface area contributed by atoms with E-state index in [2.05, 4.69) is 10.3 Å². The van der Waals surface area contributed by atoms with Gasteiger partial charge in [0.2, 0.25) is 0 Å². The standard InChI is InChI=1S/C14H14N2O3/c1-9-3-4-11(13(7-9)19-2)16-14(18)10-8-15-6-5-12(10)17/h3-8H,1-2H3,(H,15,17)(H,16,18). The fraction of sp³-hybridized carbons (Fsp3) is 0.143. The molecule has 1 aromatic carbocycles. The third-order valence-electron chi connectivity index (χ3n) is 2.67. The average molecular weight is 258 g/mol. The Morgan fingerprint density at radius 1 is 1.32 bits per heavy atom. The van der Waals surface area contributed by atoms with Crippen molar-refractivity contribution < 1.29 is 9.53 Å². The number of aryl methyl sites for hydroxylation is 1. The van der Waals surface area contributed by atoms with Crippen molar-refractivity contribution in [3.8, 4) is 5.75 Å². The third-order valence-corrected chi connectivity index (χ3v) is 2.67. The van der Waals surface area contributed by atoms with Crippen LogP contribution in [-0.4, -0.2) is 18.0 Å². The lowest BCUT2D eigenvalue weighted by atomic mass is 10.2. The molecule has 1 amide bonds. The summed E-state index contributed by atoms with van der Waals surface area (Å²) in [6, 6.07) is 6.71. The predicted molar refractivity (Wildman–Crippen MR) is 72.7 cm³/mol. The van der Waals surface area contributed by atoms with Crippen LogP contribution in [0.15, 0.2) is 41.5 Å². The fourth-order valence-electron chi connectivity index (χ4n) is 1.68. The van der Waals surface area contributed by atoms with Gasteiger partial charge in [-0.25, -0.2) is 0 Å². The van der Waals surface area contributed by atoms with E-state index in [0.717, 1.165) is 5.56 Å². The first kappa shape index (κ1) is 12.9. The minimum atomic E-state index is -0.469. The Morgan fingerprint density at radius 3 is 2.79 bits per heavy atom. The monoisotopic (exact) mass is 258 g/mol. The van der Waals surface area contributed by atoms with E-state index in [1.54, 1.807) is 6.07 Å². The van der Waals surface area contributed by atoms with Gasteiger partial charge in [0.25, 0.3) is 5.91 Å². The molecule has 2 aromatic rings. The Bertz CT molecular complexity index is 662. The van der Waals surface area contributed by atoms with Gasteiger partial charge < -0.3 is 15.0 Å². The number of benzene rings is 1. The predicted octanol–water partition coefficient (Wildman–Crippen LogP) is 1.94. The van der Waals surface area contributed by atoms with Crippen LogP contribution in [0.5, 0.6) is 5.75 Å². The molecule has 2 rings (SSSR count). The average Bonchev–Trinajstić information content (AvgIpc) is 2.41. The molecule has 0 atom stereocenters. The van der Waals surface area contributed by atoms with E-state index in [1.807, 2.05) is 19.1 Å². The molecule has 5 heteroatoms. The van der Waals surface area contributed by atoms with Crippen molar-refractivity contribution in [1.29, 1.82) is 0 Å². The number of anilines is 1. The number of rotatable bonds is 3. The molecule has 0 spiro atoms. The van der Waals surface area contributed by atoms with E-state index < -0.39 is 5.91 Å². The number of pyridine rings is 1. The molecule has 19 heavy (non-hydrogen) atoms. The Balaban J connectivity index is 2.29. The lowest BCUT2D eigenvalue weighted by molar-refractivity contribution is 0.102. The van der Waals surface area contributed by atoms with E-state index in [1.165, 1.54) is 25.6 Å². The summed E-state index contributed by atoms with van der Waals surface area (Å²) in [5.74, 6) is 0.0877. The maximum absolute atomic E-state index is 12.0. The topological polar surface area (TPSA) is 71.2 Å². The maximum atomic E-state index is 12.0. The number of nitrogens with one attached hydrogen (secondary N) is 2. The SMILES string of the molecule is COc1cc(C)ccc1NC(=O)c1c[nH]ccc1=O. The molecule has 2 N–H and O–H groups in total. The van der Waals surface area contributed by atoms with E-state index in [9.17, 15) is 9.59 Å². The van der Waals surface area contributed by atoms with Crippen molar-refractivity contribution in [2.75, 3.05) is 12.4 Å². The molecule has 0 aliphatic rings. The van der Waals surface area contributed by atoms with Crippen molar-refractivity contribution in [1.82, 2.24) is 4.98 Å². The molecule has 5 nitrogen and oxygen atoms in total. The molecule has 0 saturated heterocycles. The Labute approximate surface area is 110 Å². The largest absolute Gasteiger partial charge is 0.495 e. The molecular weight excluding hydrogens is 244 g/mol. The lowest BCUT2D eigenvalue weighted by Crippen LogP contribution is -2.21. The van der Waals surface area contributed by atoms with Crippen LogP contribution < -0.4 is 15.5 Å². The second-order valence-electron chi connectivity index (χ2n) is 4.08. The van der Waals surface area contributed by atoms with Gasteiger partial charge in [0, 0.05) is 18.5 Å². The van der Waals surface area contributed by atoms with Crippen LogP contribution in [0.1, 0.15) is 15.9 Å². The summed E-state index contributed by atoms with van der Waals surface area (Å²) in [6.07, 6.45) is 2.85. The fourth-order valence-corrected chi connectivity index (χ4v) is 1.68. The van der Waals surface area contributed by atoms with Gasteiger partial charge in [0.1, 0.15) is 11.3 Å². The lowest BCUT2D eigenvalue weighted by Gasteiger charge is -2.10. The highest BCUT2D eigenvalue weighted by molar-refractivity contribution is 6.04. The molecule has 0 saturated carbocycles. The van der Waals surface area contributed by atoms with E-state index in [0.29, 0.717) is 11.4 Å². The first-order valence-corrected chi connectivity index (χ1v) is 5.75. The van der Waals surface area contributed by atoms with Crippen LogP contribution >= 0.6 is 0 Å². The molecule has 0 bridgehead atoms. The Morgan fingerprint density at radius 2 is 2.11 bits per heavy atom. The summed E-state index contributed by atoms with van der Waals surface area (Å²) in [5, 5.41) is 2.66. The number of hydrogen-bond donors (Lipinski definition) is 2. The summed E-state index contributed by atoms with van der Waals surface area (Å²) < 4.78 is 5.19. The van der Waals surface area contributed by atoms with Crippen molar-refractivity contribution >= 4 is 11.6 Å². The van der Waals surface area contributed by atoms with Gasteiger partial charge in [0.15, 0.2) is 5.43 Å². The van der Waals surface area contributed by atoms with Crippen LogP contribution in [0.3, 0.4) is 0 Å². The van der Waals surface area contributed by atoms with Crippen LogP contribution in [0, 0.1) is 6.92 Å². The van der Waals surface area contributed by atoms with Crippen molar-refractivity contribution in [2.45, 2.75) is 6.92 Å². The van der Waals surface area contributed by atoms with Gasteiger partial charge in [-0.2, -0.15) is 0 Å². The van der Waals surface area contributed by atoms with E-state index in [-0.39, 0.29) is 11.0 Å². The van der Waals surface area contributed by atoms with Crippen LogP contribution in [0.2, 0.25) is 0 Å². The van der Waals surface area contributed by atoms with Gasteiger partial charge in [-0.05, 0) is 24.6 Å². The van der Waals surface area contributed by atoms with Crippen molar-refractivity contribution in [3.63, 3.8) is 0 Å². The van der Waals surface area contributed by atoms with Gasteiger partial charge in [-0.15, -0.1) is 0 Å². The van der Waals surface area contributed by atoms with Crippen LogP contribution in [0.25, 0.3) is 0 Å². The molecule has 0 fully saturated rings. The smallest absolute Gasteiger partial charge is 0.261 e. The van der Waals surface area contributed by atoms with Gasteiger partial charge in [0.05, 0.1) is 12.8 Å². The summed E-state index contributed by atoms with van der Waals surface area (Å²) in [7, 11) is 1.53. The molecule has 0 unspecified atom stereocenters. The summed E-state index contributed by atoms with van der Waals surface area (Å²) in [4.78, 5) is 26.3. The number of methoxy groups -OCH3 is 1. The highest BCUT2D eigenvalue weighted by Gasteiger charge is 2.12. The second-order valence-corrected chi connectivity index (χ2v) is 4.08. The minimum absolute atomic E-state index is 0.0603. The second kappa shape index (κ2) is 5.39. The summed E-state index contributed by atoms with van der Waals surface area (Å²) >= 11 is 0. The highest BCUT2D eigenvalue weighted by atomic mass is 16.5. The van der Waals surface area contributed by atoms with E-state index in [4.69, 9.17) is 4.74 Å². The molecule has 1 heterocycles. The number of aromatic nitrogens is 1. The number of ether oxygens (including phenoxy) is 1. The zero-order valence-electron chi connectivity index (χ0n) is 10.7. The Kier molecular flexibility index (Phi) is 3.66. The first-order chi connectivity index (χ1) is 9.11. The minimum Gasteiger partial charge on any atom is -0.495 e. The van der Waals surface area contributed by atoms with Gasteiger partial charge in [-0.1, -0.05) is 6.07 Å². The van der Waals surface area contributed by atoms with Crippen LogP contribution in [0.4, 0.5) is 5.69 Å². The number of aromatic amines is 1. The number of hydrogen-bond acceptors (Lipinski definition) is 3. The number of amides is 1. The van der Waals surface area contributed by atoms with Gasteiger partial charge in [-0.3, -0.25) is 9.59 Å². The highest BCUT2D eigenvalue weighted by Crippen LogP contribution is 2.25. The zero-order chi connectivity index (χ0) is 13.8. The molecule has 0 aliphatic carbocycles. The molecule has 98 valence electrons. The number of carbonyl (C=O) groups excluding carboxylic acids is 1. The van der Waals surface area contributed by atoms with Crippen molar-refractivity contribution in [3.05, 3.63) is 58.0 Å². The molecule has 0 aliphatic heterocycles. The van der Waals surface area contributed by atoms with Crippen molar-refractivity contribution in [2.24, 2.45) is 0 Å². The maximum Gasteiger partial charge on any atom is 0.261 e. The zero-order valence-corrected chi connectivity index (χ0v) is 10.7. The summed E-state index contributed by atoms with van der Waals surface area (Å²) in [5.41, 5.74) is 1.28. The Hall–Kier alpha value is -2.56. The third kappa shape index (κ3) is 2.82. The molecule has 0 radical (unpaired) electrons. The quantitative estimate of drug-likeness (QED) is 0.883. The normalized spacial score (nSPS) is 10.0. The van der Waals surface area contributed by atoms with Gasteiger partial charge >= 0.3 is 0 Å².